The summed E-state index contributed by atoms with van der Waals surface area (Å²) < 4.78 is 6.61. The maximum Gasteiger partial charge on any atom is 0.122 e. The molecule has 1 aromatic carbocycles. The van der Waals surface area contributed by atoms with Crippen LogP contribution in [-0.2, 0) is 0 Å². The molecule has 0 amide bonds. The zero-order valence-electron chi connectivity index (χ0n) is 7.93. The first-order valence-electron chi connectivity index (χ1n) is 4.13. The Bertz CT molecular complexity index is 318. The molecule has 0 aromatic heterocycles. The fourth-order valence-electron chi connectivity index (χ4n) is 0.976. The first kappa shape index (κ1) is 10.3. The summed E-state index contributed by atoms with van der Waals surface area (Å²) in [6.07, 6.45) is 0. The molecule has 0 spiro atoms. The zero-order chi connectivity index (χ0) is 9.84. The Morgan fingerprint density at radius 3 is 2.77 bits per heavy atom. The molecule has 0 unspecified atom stereocenters. The van der Waals surface area contributed by atoms with Gasteiger partial charge in [0, 0.05) is 4.47 Å². The predicted molar refractivity (Wildman–Crippen MR) is 59.2 cm³/mol. The topological polar surface area (TPSA) is 9.23 Å². The molecule has 0 N–H and O–H groups in total. The molecule has 70 valence electrons. The molecule has 0 aliphatic carbocycles. The molecule has 0 saturated heterocycles. The van der Waals surface area contributed by atoms with E-state index in [1.54, 1.807) is 0 Å². The van der Waals surface area contributed by atoms with Gasteiger partial charge in [0.2, 0.25) is 0 Å². The van der Waals surface area contributed by atoms with Crippen LogP contribution in [-0.4, -0.2) is 6.61 Å². The van der Waals surface area contributed by atoms with Crippen molar-refractivity contribution in [1.82, 2.24) is 0 Å². The van der Waals surface area contributed by atoms with Gasteiger partial charge in [0.25, 0.3) is 0 Å². The highest BCUT2D eigenvalue weighted by Crippen LogP contribution is 2.22. The summed E-state index contributed by atoms with van der Waals surface area (Å²) >= 11 is 3.40. The normalized spacial score (nSPS) is 9.77. The largest absolute Gasteiger partial charge is 0.489 e. The second-order valence-electron chi connectivity index (χ2n) is 3.16. The molecule has 0 fully saturated rings. The molecular formula is C11H13BrO. The first-order valence-corrected chi connectivity index (χ1v) is 4.92. The smallest absolute Gasteiger partial charge is 0.122 e. The van der Waals surface area contributed by atoms with Crippen LogP contribution in [0, 0.1) is 6.92 Å². The van der Waals surface area contributed by atoms with Crippen LogP contribution >= 0.6 is 15.9 Å². The molecule has 2 heteroatoms. The third kappa shape index (κ3) is 3.23. The molecule has 1 nitrogen and oxygen atoms in total. The SMILES string of the molecule is C=C(C)COc1ccc(Br)cc1C. The summed E-state index contributed by atoms with van der Waals surface area (Å²) in [7, 11) is 0. The second-order valence-corrected chi connectivity index (χ2v) is 4.07. The third-order valence-corrected chi connectivity index (χ3v) is 2.10. The van der Waals surface area contributed by atoms with E-state index < -0.39 is 0 Å². The quantitative estimate of drug-likeness (QED) is 0.733. The lowest BCUT2D eigenvalue weighted by Crippen LogP contribution is -1.98. The van der Waals surface area contributed by atoms with E-state index in [0.29, 0.717) is 6.61 Å². The fourth-order valence-corrected chi connectivity index (χ4v) is 1.45. The van der Waals surface area contributed by atoms with E-state index in [9.17, 15) is 0 Å². The van der Waals surface area contributed by atoms with E-state index in [2.05, 4.69) is 22.5 Å². The minimum absolute atomic E-state index is 0.586. The highest BCUT2D eigenvalue weighted by molar-refractivity contribution is 9.10. The van der Waals surface area contributed by atoms with Gasteiger partial charge in [0.15, 0.2) is 0 Å². The van der Waals surface area contributed by atoms with E-state index in [4.69, 9.17) is 4.74 Å². The highest BCUT2D eigenvalue weighted by Gasteiger charge is 1.99. The lowest BCUT2D eigenvalue weighted by atomic mass is 10.2. The van der Waals surface area contributed by atoms with Crippen molar-refractivity contribution in [2.45, 2.75) is 13.8 Å². The lowest BCUT2D eigenvalue weighted by molar-refractivity contribution is 0.350. The Morgan fingerprint density at radius 1 is 1.54 bits per heavy atom. The average Bonchev–Trinajstić information content (AvgIpc) is 2.02. The van der Waals surface area contributed by atoms with Gasteiger partial charge >= 0.3 is 0 Å². The summed E-state index contributed by atoms with van der Waals surface area (Å²) in [6.45, 7) is 8.35. The Morgan fingerprint density at radius 2 is 2.23 bits per heavy atom. The molecule has 0 aliphatic rings. The van der Waals surface area contributed by atoms with Gasteiger partial charge in [-0.1, -0.05) is 22.5 Å². The van der Waals surface area contributed by atoms with Crippen LogP contribution in [0.25, 0.3) is 0 Å². The number of rotatable bonds is 3. The van der Waals surface area contributed by atoms with Gasteiger partial charge in [-0.15, -0.1) is 0 Å². The van der Waals surface area contributed by atoms with Gasteiger partial charge in [-0.05, 0) is 43.2 Å². The Balaban J connectivity index is 2.72. The van der Waals surface area contributed by atoms with E-state index in [-0.39, 0.29) is 0 Å². The van der Waals surface area contributed by atoms with Crippen molar-refractivity contribution in [2.24, 2.45) is 0 Å². The Kier molecular flexibility index (Phi) is 3.55. The number of hydrogen-bond acceptors (Lipinski definition) is 1. The van der Waals surface area contributed by atoms with E-state index in [1.165, 1.54) is 0 Å². The molecule has 0 heterocycles. The second kappa shape index (κ2) is 4.47. The lowest BCUT2D eigenvalue weighted by Gasteiger charge is -2.08. The van der Waals surface area contributed by atoms with Gasteiger partial charge in [-0.2, -0.15) is 0 Å². The molecule has 0 saturated carbocycles. The van der Waals surface area contributed by atoms with E-state index in [0.717, 1.165) is 21.4 Å². The van der Waals surface area contributed by atoms with Gasteiger partial charge < -0.3 is 4.74 Å². The van der Waals surface area contributed by atoms with E-state index >= 15 is 0 Å². The summed E-state index contributed by atoms with van der Waals surface area (Å²) in [6, 6.07) is 5.97. The van der Waals surface area contributed by atoms with Crippen molar-refractivity contribution in [1.29, 1.82) is 0 Å². The van der Waals surface area contributed by atoms with Gasteiger partial charge in [-0.3, -0.25) is 0 Å². The maximum absolute atomic E-state index is 5.53. The van der Waals surface area contributed by atoms with Crippen molar-refractivity contribution < 1.29 is 4.74 Å². The number of hydrogen-bond donors (Lipinski definition) is 0. The van der Waals surface area contributed by atoms with Crippen LogP contribution in [0.5, 0.6) is 5.75 Å². The monoisotopic (exact) mass is 240 g/mol. The molecule has 0 atom stereocenters. The van der Waals surface area contributed by atoms with Crippen LogP contribution in [0.3, 0.4) is 0 Å². The van der Waals surface area contributed by atoms with Crippen LogP contribution in [0.2, 0.25) is 0 Å². The van der Waals surface area contributed by atoms with Gasteiger partial charge in [0.05, 0.1) is 0 Å². The molecular weight excluding hydrogens is 228 g/mol. The zero-order valence-corrected chi connectivity index (χ0v) is 9.52. The maximum atomic E-state index is 5.53. The molecule has 0 aliphatic heterocycles. The van der Waals surface area contributed by atoms with Gasteiger partial charge in [0.1, 0.15) is 12.4 Å². The van der Waals surface area contributed by atoms with Crippen LogP contribution in [0.1, 0.15) is 12.5 Å². The average molecular weight is 241 g/mol. The fraction of sp³-hybridized carbons (Fsp3) is 0.273. The molecule has 0 bridgehead atoms. The molecule has 1 rings (SSSR count). The number of halogens is 1. The number of aryl methyl sites for hydroxylation is 1. The van der Waals surface area contributed by atoms with Crippen molar-refractivity contribution >= 4 is 15.9 Å². The predicted octanol–water partition coefficient (Wildman–Crippen LogP) is 3.71. The van der Waals surface area contributed by atoms with Crippen LogP contribution < -0.4 is 4.74 Å². The Hall–Kier alpha value is -0.760. The van der Waals surface area contributed by atoms with Crippen molar-refractivity contribution in [3.63, 3.8) is 0 Å². The van der Waals surface area contributed by atoms with Crippen molar-refractivity contribution in [3.8, 4) is 5.75 Å². The summed E-state index contributed by atoms with van der Waals surface area (Å²) in [4.78, 5) is 0. The molecule has 1 aromatic rings. The van der Waals surface area contributed by atoms with Crippen LogP contribution in [0.15, 0.2) is 34.8 Å². The van der Waals surface area contributed by atoms with Crippen molar-refractivity contribution in [2.75, 3.05) is 6.61 Å². The standard InChI is InChI=1S/C11H13BrO/c1-8(2)7-13-11-5-4-10(12)6-9(11)3/h4-6H,1,7H2,2-3H3. The minimum Gasteiger partial charge on any atom is -0.489 e. The summed E-state index contributed by atoms with van der Waals surface area (Å²) in [5.74, 6) is 0.922. The number of ether oxygens (including phenoxy) is 1. The number of benzene rings is 1. The minimum atomic E-state index is 0.586. The third-order valence-electron chi connectivity index (χ3n) is 1.61. The Labute approximate surface area is 87.5 Å². The summed E-state index contributed by atoms with van der Waals surface area (Å²) in [5, 5.41) is 0. The van der Waals surface area contributed by atoms with Gasteiger partial charge in [-0.25, -0.2) is 0 Å². The highest BCUT2D eigenvalue weighted by atomic mass is 79.9. The van der Waals surface area contributed by atoms with Crippen molar-refractivity contribution in [3.05, 3.63) is 40.4 Å². The first-order chi connectivity index (χ1) is 6.09. The molecule has 13 heavy (non-hydrogen) atoms. The summed E-state index contributed by atoms with van der Waals surface area (Å²) in [5.41, 5.74) is 2.16. The molecule has 0 radical (unpaired) electrons. The van der Waals surface area contributed by atoms with E-state index in [1.807, 2.05) is 32.0 Å². The van der Waals surface area contributed by atoms with Crippen LogP contribution in [0.4, 0.5) is 0 Å².